The highest BCUT2D eigenvalue weighted by atomic mass is 15.1. The molecule has 1 saturated carbocycles. The predicted molar refractivity (Wildman–Crippen MR) is 101 cm³/mol. The minimum atomic E-state index is 0.160. The maximum absolute atomic E-state index is 3.60. The van der Waals surface area contributed by atoms with Crippen LogP contribution in [0, 0.1) is 17.8 Å². The van der Waals surface area contributed by atoms with Crippen LogP contribution in [0.2, 0.25) is 0 Å². The Morgan fingerprint density at radius 2 is 1.54 bits per heavy atom. The second kappa shape index (κ2) is 8.71. The number of nitrogens with zero attached hydrogens (tertiary/aromatic N) is 1. The SMILES string of the molecule is CN(Cc1ccccc1)C(C#CC1CCCCC1)c1ccccc1. The lowest BCUT2D eigenvalue weighted by molar-refractivity contribution is 0.284. The van der Waals surface area contributed by atoms with Crippen molar-refractivity contribution < 1.29 is 0 Å². The van der Waals surface area contributed by atoms with Gasteiger partial charge >= 0.3 is 0 Å². The number of hydrogen-bond acceptors (Lipinski definition) is 1. The zero-order chi connectivity index (χ0) is 16.6. The van der Waals surface area contributed by atoms with E-state index in [1.165, 1.54) is 43.2 Å². The molecule has 2 aromatic carbocycles. The highest BCUT2D eigenvalue weighted by Gasteiger charge is 2.16. The molecule has 0 aliphatic heterocycles. The van der Waals surface area contributed by atoms with E-state index >= 15 is 0 Å². The molecule has 0 N–H and O–H groups in total. The summed E-state index contributed by atoms with van der Waals surface area (Å²) >= 11 is 0. The van der Waals surface area contributed by atoms with Crippen LogP contribution in [0.1, 0.15) is 49.3 Å². The first kappa shape index (κ1) is 16.8. The summed E-state index contributed by atoms with van der Waals surface area (Å²) in [5.74, 6) is 7.79. The summed E-state index contributed by atoms with van der Waals surface area (Å²) in [7, 11) is 2.18. The molecule has 1 heteroatoms. The maximum atomic E-state index is 3.60. The number of rotatable bonds is 4. The van der Waals surface area contributed by atoms with Crippen molar-refractivity contribution in [3.63, 3.8) is 0 Å². The van der Waals surface area contributed by atoms with Crippen LogP contribution in [0.3, 0.4) is 0 Å². The quantitative estimate of drug-likeness (QED) is 0.678. The maximum Gasteiger partial charge on any atom is 0.0971 e. The van der Waals surface area contributed by atoms with Crippen LogP contribution in [0.25, 0.3) is 0 Å². The molecular formula is C23H27N. The van der Waals surface area contributed by atoms with Crippen LogP contribution in [0.15, 0.2) is 60.7 Å². The molecule has 0 spiro atoms. The molecule has 0 saturated heterocycles. The minimum absolute atomic E-state index is 0.160. The van der Waals surface area contributed by atoms with Crippen LogP contribution in [0.5, 0.6) is 0 Å². The third kappa shape index (κ3) is 4.73. The van der Waals surface area contributed by atoms with Crippen molar-refractivity contribution >= 4 is 0 Å². The van der Waals surface area contributed by atoms with E-state index in [-0.39, 0.29) is 6.04 Å². The van der Waals surface area contributed by atoms with Crippen LogP contribution in [0.4, 0.5) is 0 Å². The lowest BCUT2D eigenvalue weighted by Crippen LogP contribution is -2.23. The van der Waals surface area contributed by atoms with Crippen molar-refractivity contribution in [1.29, 1.82) is 0 Å². The van der Waals surface area contributed by atoms with E-state index in [1.807, 2.05) is 0 Å². The van der Waals surface area contributed by atoms with E-state index in [0.717, 1.165) is 6.54 Å². The smallest absolute Gasteiger partial charge is 0.0971 e. The van der Waals surface area contributed by atoms with Crippen molar-refractivity contribution in [2.45, 2.75) is 44.7 Å². The van der Waals surface area contributed by atoms with Gasteiger partial charge < -0.3 is 0 Å². The standard InChI is InChI=1S/C23H27N/c1-24(19-21-13-7-3-8-14-21)23(22-15-9-4-10-16-22)18-17-20-11-5-2-6-12-20/h3-4,7-10,13-16,20,23H,2,5-6,11-12,19H2,1H3. The Balaban J connectivity index is 1.78. The first-order valence-electron chi connectivity index (χ1n) is 9.13. The molecule has 24 heavy (non-hydrogen) atoms. The van der Waals surface area contributed by atoms with Gasteiger partial charge in [-0.1, -0.05) is 91.8 Å². The fraction of sp³-hybridized carbons (Fsp3) is 0.391. The van der Waals surface area contributed by atoms with Crippen LogP contribution in [-0.4, -0.2) is 11.9 Å². The highest BCUT2D eigenvalue weighted by molar-refractivity contribution is 5.28. The third-order valence-corrected chi connectivity index (χ3v) is 4.86. The van der Waals surface area contributed by atoms with Gasteiger partial charge in [0.2, 0.25) is 0 Å². The van der Waals surface area contributed by atoms with Crippen LogP contribution >= 0.6 is 0 Å². The van der Waals surface area contributed by atoms with E-state index in [1.54, 1.807) is 0 Å². The summed E-state index contributed by atoms with van der Waals surface area (Å²) in [5, 5.41) is 0. The Morgan fingerprint density at radius 1 is 0.917 bits per heavy atom. The first-order valence-corrected chi connectivity index (χ1v) is 9.13. The van der Waals surface area contributed by atoms with Crippen LogP contribution < -0.4 is 0 Å². The van der Waals surface area contributed by atoms with Gasteiger partial charge in [-0.3, -0.25) is 4.90 Å². The van der Waals surface area contributed by atoms with Crippen molar-refractivity contribution in [2.24, 2.45) is 5.92 Å². The summed E-state index contributed by atoms with van der Waals surface area (Å²) in [5.41, 5.74) is 2.62. The zero-order valence-corrected chi connectivity index (χ0v) is 14.6. The van der Waals surface area contributed by atoms with E-state index in [0.29, 0.717) is 5.92 Å². The Bertz CT molecular complexity index is 659. The molecule has 1 aliphatic carbocycles. The second-order valence-electron chi connectivity index (χ2n) is 6.84. The van der Waals surface area contributed by atoms with Gasteiger partial charge in [0, 0.05) is 12.5 Å². The fourth-order valence-corrected chi connectivity index (χ4v) is 3.49. The lowest BCUT2D eigenvalue weighted by atomic mass is 9.89. The molecule has 0 radical (unpaired) electrons. The van der Waals surface area contributed by atoms with E-state index in [2.05, 4.69) is 84.5 Å². The van der Waals surface area contributed by atoms with Crippen molar-refractivity contribution in [2.75, 3.05) is 7.05 Å². The molecule has 0 amide bonds. The summed E-state index contributed by atoms with van der Waals surface area (Å²) in [4.78, 5) is 2.36. The van der Waals surface area contributed by atoms with Gasteiger partial charge in [-0.05, 0) is 31.0 Å². The predicted octanol–water partition coefficient (Wildman–Crippen LogP) is 5.44. The van der Waals surface area contributed by atoms with Gasteiger partial charge in [-0.15, -0.1) is 0 Å². The Labute approximate surface area is 146 Å². The van der Waals surface area contributed by atoms with Gasteiger partial charge in [-0.2, -0.15) is 0 Å². The van der Waals surface area contributed by atoms with Crippen molar-refractivity contribution in [3.05, 3.63) is 71.8 Å². The molecule has 1 unspecified atom stereocenters. The molecule has 1 fully saturated rings. The van der Waals surface area contributed by atoms with Gasteiger partial charge in [0.15, 0.2) is 0 Å². The third-order valence-electron chi connectivity index (χ3n) is 4.86. The first-order chi connectivity index (χ1) is 11.8. The zero-order valence-electron chi connectivity index (χ0n) is 14.6. The largest absolute Gasteiger partial charge is 0.285 e. The van der Waals surface area contributed by atoms with E-state index in [4.69, 9.17) is 0 Å². The fourth-order valence-electron chi connectivity index (χ4n) is 3.49. The highest BCUT2D eigenvalue weighted by Crippen LogP contribution is 2.25. The average Bonchev–Trinajstić information content (AvgIpc) is 2.64. The van der Waals surface area contributed by atoms with Crippen molar-refractivity contribution in [3.8, 4) is 11.8 Å². The molecular weight excluding hydrogens is 290 g/mol. The Morgan fingerprint density at radius 3 is 2.21 bits per heavy atom. The Kier molecular flexibility index (Phi) is 6.10. The van der Waals surface area contributed by atoms with Crippen LogP contribution in [-0.2, 0) is 6.54 Å². The summed E-state index contributed by atoms with van der Waals surface area (Å²) < 4.78 is 0. The molecule has 124 valence electrons. The van der Waals surface area contributed by atoms with Gasteiger partial charge in [0.05, 0.1) is 6.04 Å². The molecule has 3 rings (SSSR count). The summed E-state index contributed by atoms with van der Waals surface area (Å²) in [6, 6.07) is 21.5. The van der Waals surface area contributed by atoms with Crippen molar-refractivity contribution in [1.82, 2.24) is 4.90 Å². The second-order valence-corrected chi connectivity index (χ2v) is 6.84. The molecule has 2 aromatic rings. The molecule has 0 heterocycles. The van der Waals surface area contributed by atoms with E-state index in [9.17, 15) is 0 Å². The average molecular weight is 317 g/mol. The topological polar surface area (TPSA) is 3.24 Å². The van der Waals surface area contributed by atoms with Gasteiger partial charge in [0.25, 0.3) is 0 Å². The lowest BCUT2D eigenvalue weighted by Gasteiger charge is -2.25. The molecule has 1 nitrogen and oxygen atoms in total. The minimum Gasteiger partial charge on any atom is -0.285 e. The molecule has 1 atom stereocenters. The summed E-state index contributed by atoms with van der Waals surface area (Å²) in [6.07, 6.45) is 6.62. The molecule has 0 bridgehead atoms. The van der Waals surface area contributed by atoms with Gasteiger partial charge in [0.1, 0.15) is 0 Å². The summed E-state index contributed by atoms with van der Waals surface area (Å²) in [6.45, 7) is 0.916. The normalized spacial score (nSPS) is 16.4. The number of benzene rings is 2. The van der Waals surface area contributed by atoms with E-state index < -0.39 is 0 Å². The molecule has 0 aromatic heterocycles. The monoisotopic (exact) mass is 317 g/mol. The number of hydrogen-bond donors (Lipinski definition) is 0. The van der Waals surface area contributed by atoms with Gasteiger partial charge in [-0.25, -0.2) is 0 Å². The molecule has 1 aliphatic rings. The Hall–Kier alpha value is -2.04.